The maximum atomic E-state index is 12.2. The molecule has 1 heterocycles. The van der Waals surface area contributed by atoms with Crippen LogP contribution in [0.5, 0.6) is 5.75 Å². The van der Waals surface area contributed by atoms with E-state index < -0.39 is 0 Å². The summed E-state index contributed by atoms with van der Waals surface area (Å²) in [5.74, 6) is 0.0437. The second kappa shape index (κ2) is 6.27. The van der Waals surface area contributed by atoms with Crippen LogP contribution in [0.4, 0.5) is 4.79 Å². The summed E-state index contributed by atoms with van der Waals surface area (Å²) in [5, 5.41) is 9.21. The monoisotopic (exact) mass is 278 g/mol. The molecule has 20 heavy (non-hydrogen) atoms. The van der Waals surface area contributed by atoms with E-state index in [-0.39, 0.29) is 17.7 Å². The molecular weight excluding hydrogens is 260 g/mol. The summed E-state index contributed by atoms with van der Waals surface area (Å²) in [5.41, 5.74) is 0.535. The number of piperazine rings is 1. The Hall–Kier alpha value is -2.24. The average Bonchev–Trinajstić information content (AvgIpc) is 2.48. The summed E-state index contributed by atoms with van der Waals surface area (Å²) in [7, 11) is 0. The normalized spacial score (nSPS) is 15.1. The molecule has 0 spiro atoms. The van der Waals surface area contributed by atoms with Crippen LogP contribution in [0, 0.1) is 0 Å². The van der Waals surface area contributed by atoms with Gasteiger partial charge in [-0.05, 0) is 31.2 Å². The van der Waals surface area contributed by atoms with Crippen LogP contribution in [0.3, 0.4) is 0 Å². The van der Waals surface area contributed by atoms with Gasteiger partial charge in [-0.25, -0.2) is 4.79 Å². The number of benzene rings is 1. The fraction of sp³-hybridized carbons (Fsp3) is 0.429. The molecule has 1 N–H and O–H groups in total. The molecule has 108 valence electrons. The number of carbonyl (C=O) groups is 2. The zero-order valence-corrected chi connectivity index (χ0v) is 11.4. The van der Waals surface area contributed by atoms with Gasteiger partial charge in [-0.1, -0.05) is 0 Å². The lowest BCUT2D eigenvalue weighted by atomic mass is 10.1. The molecule has 0 bridgehead atoms. The topological polar surface area (TPSA) is 70.1 Å². The van der Waals surface area contributed by atoms with E-state index in [4.69, 9.17) is 4.74 Å². The predicted molar refractivity (Wildman–Crippen MR) is 72.6 cm³/mol. The van der Waals surface area contributed by atoms with E-state index in [9.17, 15) is 14.7 Å². The maximum absolute atomic E-state index is 12.2. The fourth-order valence-corrected chi connectivity index (χ4v) is 2.09. The van der Waals surface area contributed by atoms with Crippen LogP contribution < -0.4 is 0 Å². The first-order valence-corrected chi connectivity index (χ1v) is 6.62. The molecule has 0 radical (unpaired) electrons. The summed E-state index contributed by atoms with van der Waals surface area (Å²) < 4.78 is 4.93. The van der Waals surface area contributed by atoms with Gasteiger partial charge in [-0.3, -0.25) is 4.79 Å². The molecule has 1 aromatic rings. The molecule has 0 aliphatic carbocycles. The Labute approximate surface area is 117 Å². The molecule has 1 fully saturated rings. The zero-order valence-electron chi connectivity index (χ0n) is 11.4. The Balaban J connectivity index is 1.92. The molecule has 1 saturated heterocycles. The molecule has 0 atom stereocenters. The highest BCUT2D eigenvalue weighted by molar-refractivity contribution is 5.94. The van der Waals surface area contributed by atoms with Gasteiger partial charge in [-0.2, -0.15) is 0 Å². The quantitative estimate of drug-likeness (QED) is 0.885. The number of ether oxygens (including phenoxy) is 1. The van der Waals surface area contributed by atoms with Crippen LogP contribution in [-0.4, -0.2) is 59.7 Å². The third kappa shape index (κ3) is 3.20. The lowest BCUT2D eigenvalue weighted by Crippen LogP contribution is -2.50. The molecule has 0 aromatic heterocycles. The largest absolute Gasteiger partial charge is 0.508 e. The van der Waals surface area contributed by atoms with Crippen molar-refractivity contribution in [3.63, 3.8) is 0 Å². The minimum Gasteiger partial charge on any atom is -0.508 e. The second-order valence-corrected chi connectivity index (χ2v) is 4.53. The Morgan fingerprint density at radius 3 is 2.20 bits per heavy atom. The zero-order chi connectivity index (χ0) is 14.5. The van der Waals surface area contributed by atoms with Crippen molar-refractivity contribution in [2.75, 3.05) is 32.8 Å². The molecule has 1 aromatic carbocycles. The lowest BCUT2D eigenvalue weighted by Gasteiger charge is -2.34. The van der Waals surface area contributed by atoms with Crippen LogP contribution in [0.2, 0.25) is 0 Å². The number of phenolic OH excluding ortho intramolecular Hbond substituents is 1. The van der Waals surface area contributed by atoms with E-state index in [1.165, 1.54) is 12.1 Å². The van der Waals surface area contributed by atoms with Gasteiger partial charge in [0.1, 0.15) is 5.75 Å². The van der Waals surface area contributed by atoms with Crippen LogP contribution in [0.25, 0.3) is 0 Å². The first-order valence-electron chi connectivity index (χ1n) is 6.62. The number of nitrogens with zero attached hydrogens (tertiary/aromatic N) is 2. The fourth-order valence-electron chi connectivity index (χ4n) is 2.09. The average molecular weight is 278 g/mol. The van der Waals surface area contributed by atoms with Gasteiger partial charge < -0.3 is 19.6 Å². The Kier molecular flexibility index (Phi) is 4.45. The van der Waals surface area contributed by atoms with E-state index in [0.717, 1.165) is 0 Å². The number of rotatable bonds is 2. The van der Waals surface area contributed by atoms with Crippen molar-refractivity contribution in [1.29, 1.82) is 0 Å². The van der Waals surface area contributed by atoms with E-state index in [1.54, 1.807) is 28.9 Å². The third-order valence-corrected chi connectivity index (χ3v) is 3.21. The maximum Gasteiger partial charge on any atom is 0.409 e. The van der Waals surface area contributed by atoms with Gasteiger partial charge in [0.25, 0.3) is 5.91 Å². The van der Waals surface area contributed by atoms with Gasteiger partial charge >= 0.3 is 6.09 Å². The Morgan fingerprint density at radius 2 is 1.65 bits per heavy atom. The van der Waals surface area contributed by atoms with Crippen LogP contribution in [-0.2, 0) is 4.74 Å². The van der Waals surface area contributed by atoms with Crippen molar-refractivity contribution in [3.8, 4) is 5.75 Å². The number of hydrogen-bond donors (Lipinski definition) is 1. The summed E-state index contributed by atoms with van der Waals surface area (Å²) in [6.45, 7) is 4.04. The molecule has 0 saturated carbocycles. The molecule has 0 unspecified atom stereocenters. The molecule has 6 nitrogen and oxygen atoms in total. The lowest BCUT2D eigenvalue weighted by molar-refractivity contribution is 0.0570. The second-order valence-electron chi connectivity index (χ2n) is 4.53. The van der Waals surface area contributed by atoms with Crippen molar-refractivity contribution in [3.05, 3.63) is 29.8 Å². The first kappa shape index (κ1) is 14.2. The highest BCUT2D eigenvalue weighted by Crippen LogP contribution is 2.13. The Morgan fingerprint density at radius 1 is 1.10 bits per heavy atom. The SMILES string of the molecule is CCOC(=O)N1CCN(C(=O)c2ccc(O)cc2)CC1. The van der Waals surface area contributed by atoms with Gasteiger partial charge in [-0.15, -0.1) is 0 Å². The highest BCUT2D eigenvalue weighted by atomic mass is 16.6. The van der Waals surface area contributed by atoms with Crippen LogP contribution in [0.15, 0.2) is 24.3 Å². The molecule has 2 rings (SSSR count). The van der Waals surface area contributed by atoms with Crippen molar-refractivity contribution in [2.24, 2.45) is 0 Å². The standard InChI is InChI=1S/C14H18N2O4/c1-2-20-14(19)16-9-7-15(8-10-16)13(18)11-3-5-12(17)6-4-11/h3-6,17H,2,7-10H2,1H3. The van der Waals surface area contributed by atoms with Gasteiger partial charge in [0.05, 0.1) is 6.61 Å². The van der Waals surface area contributed by atoms with Crippen molar-refractivity contribution < 1.29 is 19.4 Å². The van der Waals surface area contributed by atoms with Crippen molar-refractivity contribution >= 4 is 12.0 Å². The number of aromatic hydroxyl groups is 1. The molecule has 1 aliphatic rings. The van der Waals surface area contributed by atoms with Gasteiger partial charge in [0.2, 0.25) is 0 Å². The van der Waals surface area contributed by atoms with Crippen LogP contribution in [0.1, 0.15) is 17.3 Å². The van der Waals surface area contributed by atoms with E-state index in [0.29, 0.717) is 38.3 Å². The molecule has 2 amide bonds. The van der Waals surface area contributed by atoms with Crippen LogP contribution >= 0.6 is 0 Å². The summed E-state index contributed by atoms with van der Waals surface area (Å²) >= 11 is 0. The summed E-state index contributed by atoms with van der Waals surface area (Å²) in [4.78, 5) is 27.1. The molecular formula is C14H18N2O4. The summed E-state index contributed by atoms with van der Waals surface area (Å²) in [6, 6.07) is 6.16. The smallest absolute Gasteiger partial charge is 0.409 e. The third-order valence-electron chi connectivity index (χ3n) is 3.21. The van der Waals surface area contributed by atoms with Crippen molar-refractivity contribution in [1.82, 2.24) is 9.80 Å². The van der Waals surface area contributed by atoms with E-state index in [2.05, 4.69) is 0 Å². The van der Waals surface area contributed by atoms with Crippen molar-refractivity contribution in [2.45, 2.75) is 6.92 Å². The highest BCUT2D eigenvalue weighted by Gasteiger charge is 2.25. The number of amides is 2. The minimum atomic E-state index is -0.329. The first-order chi connectivity index (χ1) is 9.61. The van der Waals surface area contributed by atoms with E-state index in [1.807, 2.05) is 0 Å². The minimum absolute atomic E-state index is 0.0893. The number of carbonyl (C=O) groups excluding carboxylic acids is 2. The predicted octanol–water partition coefficient (Wildman–Crippen LogP) is 1.31. The van der Waals surface area contributed by atoms with Gasteiger partial charge in [0.15, 0.2) is 0 Å². The molecule has 1 aliphatic heterocycles. The van der Waals surface area contributed by atoms with Gasteiger partial charge in [0, 0.05) is 31.7 Å². The molecule has 6 heteroatoms. The number of phenols is 1. The summed E-state index contributed by atoms with van der Waals surface area (Å²) in [6.07, 6.45) is -0.329. The Bertz CT molecular complexity index is 478. The van der Waals surface area contributed by atoms with E-state index >= 15 is 0 Å². The number of hydrogen-bond acceptors (Lipinski definition) is 4.